The smallest absolute Gasteiger partial charge is 0.417 e. The first-order chi connectivity index (χ1) is 9.11. The molecule has 1 aromatic rings. The van der Waals surface area contributed by atoms with Crippen molar-refractivity contribution in [3.63, 3.8) is 0 Å². The second-order valence-electron chi connectivity index (χ2n) is 4.70. The maximum absolute atomic E-state index is 12.7. The fraction of sp³-hybridized carbons (Fsp3) is 0.462. The van der Waals surface area contributed by atoms with Gasteiger partial charge in [0.2, 0.25) is 0 Å². The number of alkyl halides is 3. The summed E-state index contributed by atoms with van der Waals surface area (Å²) in [5, 5.41) is 8.43. The molecule has 0 aliphatic heterocycles. The lowest BCUT2D eigenvalue weighted by Gasteiger charge is -2.25. The van der Waals surface area contributed by atoms with E-state index in [4.69, 9.17) is 16.7 Å². The van der Waals surface area contributed by atoms with Gasteiger partial charge in [-0.25, -0.2) is 0 Å². The highest BCUT2D eigenvalue weighted by molar-refractivity contribution is 6.31. The second kappa shape index (κ2) is 6.45. The summed E-state index contributed by atoms with van der Waals surface area (Å²) in [6.07, 6.45) is -4.53. The number of halogens is 4. The minimum Gasteiger partial charge on any atom is -0.480 e. The first-order valence-electron chi connectivity index (χ1n) is 5.92. The van der Waals surface area contributed by atoms with Crippen LogP contribution in [0.15, 0.2) is 18.2 Å². The molecule has 1 rings (SSSR count). The number of carbonyl (C=O) groups is 1. The zero-order valence-electron chi connectivity index (χ0n) is 11.0. The number of rotatable bonds is 5. The van der Waals surface area contributed by atoms with Gasteiger partial charge in [-0.05, 0) is 31.5 Å². The van der Waals surface area contributed by atoms with Crippen molar-refractivity contribution in [3.8, 4) is 0 Å². The molecule has 0 heterocycles. The number of nitrogens with zero attached hydrogens (tertiary/aromatic N) is 1. The molecule has 0 bridgehead atoms. The lowest BCUT2D eigenvalue weighted by atomic mass is 10.1. The second-order valence-corrected chi connectivity index (χ2v) is 5.11. The van der Waals surface area contributed by atoms with E-state index in [2.05, 4.69) is 0 Å². The summed E-state index contributed by atoms with van der Waals surface area (Å²) in [5.74, 6) is -1.02. The molecule has 0 spiro atoms. The number of hydrogen-bond acceptors (Lipinski definition) is 2. The van der Waals surface area contributed by atoms with Crippen LogP contribution in [-0.2, 0) is 17.5 Å². The third-order valence-corrected chi connectivity index (χ3v) is 3.12. The number of carboxylic acid groups (broad SMARTS) is 1. The summed E-state index contributed by atoms with van der Waals surface area (Å²) in [6.45, 7) is 3.44. The van der Waals surface area contributed by atoms with E-state index in [1.54, 1.807) is 18.7 Å². The molecule has 7 heteroatoms. The third kappa shape index (κ3) is 4.68. The molecule has 0 aromatic heterocycles. The van der Waals surface area contributed by atoms with E-state index in [0.29, 0.717) is 5.56 Å². The van der Waals surface area contributed by atoms with Gasteiger partial charge in [-0.15, -0.1) is 0 Å². The Morgan fingerprint density at radius 1 is 1.40 bits per heavy atom. The Kier molecular flexibility index (Phi) is 5.42. The predicted octanol–water partition coefficient (Wildman–Crippen LogP) is 3.65. The van der Waals surface area contributed by atoms with Crippen LogP contribution in [0.4, 0.5) is 13.2 Å². The van der Waals surface area contributed by atoms with Crippen molar-refractivity contribution in [2.75, 3.05) is 6.54 Å². The van der Waals surface area contributed by atoms with Crippen LogP contribution >= 0.6 is 11.6 Å². The van der Waals surface area contributed by atoms with Crippen molar-refractivity contribution >= 4 is 17.6 Å². The lowest BCUT2D eigenvalue weighted by molar-refractivity contribution is -0.139. The summed E-state index contributed by atoms with van der Waals surface area (Å²) in [4.78, 5) is 12.3. The molecule has 0 saturated carbocycles. The molecule has 0 amide bonds. The molecule has 0 unspecified atom stereocenters. The van der Waals surface area contributed by atoms with Gasteiger partial charge in [-0.1, -0.05) is 17.7 Å². The number of carboxylic acids is 1. The fourth-order valence-corrected chi connectivity index (χ4v) is 1.94. The molecule has 0 atom stereocenters. The molecule has 0 aliphatic rings. The highest BCUT2D eigenvalue weighted by atomic mass is 35.5. The molecule has 20 heavy (non-hydrogen) atoms. The van der Waals surface area contributed by atoms with Gasteiger partial charge in [-0.2, -0.15) is 13.2 Å². The molecule has 0 saturated heterocycles. The summed E-state index contributed by atoms with van der Waals surface area (Å²) < 4.78 is 38.2. The van der Waals surface area contributed by atoms with Gasteiger partial charge in [0, 0.05) is 12.6 Å². The van der Waals surface area contributed by atoms with Crippen molar-refractivity contribution in [3.05, 3.63) is 34.3 Å². The van der Waals surface area contributed by atoms with Crippen molar-refractivity contribution in [1.82, 2.24) is 4.90 Å². The number of aliphatic carboxylic acids is 1. The standard InChI is InChI=1S/C13H15ClF3NO2/c1-8(2)18(7-12(19)20)6-9-3-4-11(14)10(5-9)13(15,16)17/h3-5,8H,6-7H2,1-2H3,(H,19,20). The summed E-state index contributed by atoms with van der Waals surface area (Å²) in [7, 11) is 0. The highest BCUT2D eigenvalue weighted by Crippen LogP contribution is 2.35. The average molecular weight is 310 g/mol. The molecule has 1 N–H and O–H groups in total. The molecule has 0 aliphatic carbocycles. The summed E-state index contributed by atoms with van der Waals surface area (Å²) in [6, 6.07) is 3.50. The van der Waals surface area contributed by atoms with Crippen molar-refractivity contribution < 1.29 is 23.1 Å². The van der Waals surface area contributed by atoms with E-state index >= 15 is 0 Å². The van der Waals surface area contributed by atoms with Gasteiger partial charge in [0.1, 0.15) is 0 Å². The number of hydrogen-bond donors (Lipinski definition) is 1. The SMILES string of the molecule is CC(C)N(CC(=O)O)Cc1ccc(Cl)c(C(F)(F)F)c1. The topological polar surface area (TPSA) is 40.5 Å². The average Bonchev–Trinajstić information content (AvgIpc) is 2.28. The molecule has 3 nitrogen and oxygen atoms in total. The van der Waals surface area contributed by atoms with Crippen molar-refractivity contribution in [1.29, 1.82) is 0 Å². The Balaban J connectivity index is 2.99. The van der Waals surface area contributed by atoms with Crippen LogP contribution in [0.1, 0.15) is 25.0 Å². The molecule has 1 aromatic carbocycles. The van der Waals surface area contributed by atoms with Gasteiger partial charge in [0.15, 0.2) is 0 Å². The van der Waals surface area contributed by atoms with Gasteiger partial charge >= 0.3 is 12.1 Å². The predicted molar refractivity (Wildman–Crippen MR) is 69.6 cm³/mol. The lowest BCUT2D eigenvalue weighted by Crippen LogP contribution is -2.35. The van der Waals surface area contributed by atoms with Crippen LogP contribution in [0, 0.1) is 0 Å². The maximum atomic E-state index is 12.7. The van der Waals surface area contributed by atoms with Crippen LogP contribution in [0.25, 0.3) is 0 Å². The quantitative estimate of drug-likeness (QED) is 0.902. The molecular weight excluding hydrogens is 295 g/mol. The monoisotopic (exact) mass is 309 g/mol. The van der Waals surface area contributed by atoms with Gasteiger partial charge in [0.05, 0.1) is 17.1 Å². The van der Waals surface area contributed by atoms with Crippen LogP contribution in [-0.4, -0.2) is 28.6 Å². The third-order valence-electron chi connectivity index (χ3n) is 2.79. The van der Waals surface area contributed by atoms with E-state index in [9.17, 15) is 18.0 Å². The Morgan fingerprint density at radius 3 is 2.45 bits per heavy atom. The van der Waals surface area contributed by atoms with Crippen molar-refractivity contribution in [2.24, 2.45) is 0 Å². The molecule has 0 fully saturated rings. The maximum Gasteiger partial charge on any atom is 0.417 e. The molecular formula is C13H15ClF3NO2. The Labute approximate surface area is 120 Å². The largest absolute Gasteiger partial charge is 0.480 e. The first kappa shape index (κ1) is 16.8. The van der Waals surface area contributed by atoms with E-state index < -0.39 is 17.7 Å². The van der Waals surface area contributed by atoms with Crippen LogP contribution < -0.4 is 0 Å². The Morgan fingerprint density at radius 2 is 2.00 bits per heavy atom. The first-order valence-corrected chi connectivity index (χ1v) is 6.30. The van der Waals surface area contributed by atoms with Crippen molar-refractivity contribution in [2.45, 2.75) is 32.6 Å². The summed E-state index contributed by atoms with van der Waals surface area (Å²) >= 11 is 5.54. The molecule has 112 valence electrons. The van der Waals surface area contributed by atoms with E-state index in [0.717, 1.165) is 6.07 Å². The van der Waals surface area contributed by atoms with E-state index in [1.165, 1.54) is 12.1 Å². The van der Waals surface area contributed by atoms with Gasteiger partial charge in [0.25, 0.3) is 0 Å². The zero-order valence-corrected chi connectivity index (χ0v) is 11.8. The number of benzene rings is 1. The Hall–Kier alpha value is -1.27. The minimum absolute atomic E-state index is 0.101. The van der Waals surface area contributed by atoms with E-state index in [1.807, 2.05) is 0 Å². The van der Waals surface area contributed by atoms with Crippen LogP contribution in [0.2, 0.25) is 5.02 Å². The Bertz CT molecular complexity index is 489. The van der Waals surface area contributed by atoms with E-state index in [-0.39, 0.29) is 24.2 Å². The van der Waals surface area contributed by atoms with Gasteiger partial charge < -0.3 is 5.11 Å². The fourth-order valence-electron chi connectivity index (χ4n) is 1.72. The highest BCUT2D eigenvalue weighted by Gasteiger charge is 2.33. The minimum atomic E-state index is -4.53. The normalized spacial score (nSPS) is 12.2. The zero-order chi connectivity index (χ0) is 15.5. The summed E-state index contributed by atoms with van der Waals surface area (Å²) in [5.41, 5.74) is -0.535. The van der Waals surface area contributed by atoms with Crippen LogP contribution in [0.5, 0.6) is 0 Å². The van der Waals surface area contributed by atoms with Crippen LogP contribution in [0.3, 0.4) is 0 Å². The van der Waals surface area contributed by atoms with Gasteiger partial charge in [-0.3, -0.25) is 9.69 Å². The molecule has 0 radical (unpaired) electrons.